The van der Waals surface area contributed by atoms with E-state index in [-0.39, 0.29) is 11.8 Å². The van der Waals surface area contributed by atoms with Gasteiger partial charge in [0.25, 0.3) is 5.91 Å². The molecule has 1 aromatic heterocycles. The summed E-state index contributed by atoms with van der Waals surface area (Å²) < 4.78 is 5.87. The standard InChI is InChI=1S/C22H27N3O4/c1-14(2)10-17-13-25(22(27)28)9-8-15-11-18(5-6-19(15)17)29-20-7-4-16(12-24-20)21(26)23-3/h4-7,11-12,14,17H,8-10,13H2,1-3H3,(H,23,26)(H,27,28). The van der Waals surface area contributed by atoms with Crippen molar-refractivity contribution >= 4 is 12.0 Å². The molecule has 2 N–H and O–H groups in total. The molecule has 2 aromatic rings. The highest BCUT2D eigenvalue weighted by Gasteiger charge is 2.26. The van der Waals surface area contributed by atoms with Gasteiger partial charge in [-0.1, -0.05) is 19.9 Å². The predicted molar refractivity (Wildman–Crippen MR) is 110 cm³/mol. The first-order valence-corrected chi connectivity index (χ1v) is 9.84. The smallest absolute Gasteiger partial charge is 0.407 e. The van der Waals surface area contributed by atoms with Gasteiger partial charge in [0.1, 0.15) is 5.75 Å². The zero-order valence-corrected chi connectivity index (χ0v) is 17.0. The van der Waals surface area contributed by atoms with Gasteiger partial charge in [-0.05, 0) is 48.1 Å². The molecule has 1 atom stereocenters. The van der Waals surface area contributed by atoms with Gasteiger partial charge in [-0.2, -0.15) is 0 Å². The molecule has 1 aliphatic rings. The Morgan fingerprint density at radius 2 is 2.10 bits per heavy atom. The lowest BCUT2D eigenvalue weighted by molar-refractivity contribution is 0.0962. The first kappa shape index (κ1) is 20.6. The van der Waals surface area contributed by atoms with E-state index in [1.165, 1.54) is 16.7 Å². The number of aromatic nitrogens is 1. The molecule has 7 nitrogen and oxygen atoms in total. The molecule has 154 valence electrons. The molecule has 1 aromatic carbocycles. The van der Waals surface area contributed by atoms with E-state index in [1.807, 2.05) is 18.2 Å². The molecular weight excluding hydrogens is 370 g/mol. The highest BCUT2D eigenvalue weighted by Crippen LogP contribution is 2.33. The summed E-state index contributed by atoms with van der Waals surface area (Å²) in [4.78, 5) is 28.9. The van der Waals surface area contributed by atoms with Crippen molar-refractivity contribution in [3.8, 4) is 11.6 Å². The molecule has 0 aliphatic carbocycles. The molecule has 0 bridgehead atoms. The second-order valence-corrected chi connectivity index (χ2v) is 7.73. The molecule has 1 unspecified atom stereocenters. The zero-order valence-electron chi connectivity index (χ0n) is 17.0. The van der Waals surface area contributed by atoms with E-state index in [9.17, 15) is 14.7 Å². The maximum absolute atomic E-state index is 11.6. The highest BCUT2D eigenvalue weighted by atomic mass is 16.5. The number of hydrogen-bond acceptors (Lipinski definition) is 4. The van der Waals surface area contributed by atoms with Crippen molar-refractivity contribution in [2.24, 2.45) is 5.92 Å². The number of carbonyl (C=O) groups excluding carboxylic acids is 1. The van der Waals surface area contributed by atoms with Crippen LogP contribution in [-0.2, 0) is 6.42 Å². The van der Waals surface area contributed by atoms with Crippen LogP contribution in [0.2, 0.25) is 0 Å². The average molecular weight is 397 g/mol. The second kappa shape index (κ2) is 8.94. The maximum Gasteiger partial charge on any atom is 0.407 e. The van der Waals surface area contributed by atoms with Crippen LogP contribution in [0.15, 0.2) is 36.5 Å². The van der Waals surface area contributed by atoms with Gasteiger partial charge in [0.15, 0.2) is 0 Å². The van der Waals surface area contributed by atoms with Crippen molar-refractivity contribution in [3.05, 3.63) is 53.2 Å². The topological polar surface area (TPSA) is 91.8 Å². The number of carboxylic acid groups (broad SMARTS) is 1. The molecule has 0 radical (unpaired) electrons. The highest BCUT2D eigenvalue weighted by molar-refractivity contribution is 5.93. The molecule has 1 aliphatic heterocycles. The quantitative estimate of drug-likeness (QED) is 0.798. The van der Waals surface area contributed by atoms with Crippen LogP contribution in [0.4, 0.5) is 4.79 Å². The Labute approximate surface area is 170 Å². The summed E-state index contributed by atoms with van der Waals surface area (Å²) in [6, 6.07) is 9.24. The van der Waals surface area contributed by atoms with Gasteiger partial charge in [0.2, 0.25) is 5.88 Å². The number of amides is 2. The van der Waals surface area contributed by atoms with Crippen LogP contribution >= 0.6 is 0 Å². The molecule has 0 saturated heterocycles. The number of benzene rings is 1. The number of carbonyl (C=O) groups is 2. The lowest BCUT2D eigenvalue weighted by Crippen LogP contribution is -2.33. The van der Waals surface area contributed by atoms with E-state index in [1.54, 1.807) is 19.2 Å². The van der Waals surface area contributed by atoms with Crippen LogP contribution in [-0.4, -0.2) is 47.1 Å². The molecule has 29 heavy (non-hydrogen) atoms. The van der Waals surface area contributed by atoms with Gasteiger partial charge in [-0.25, -0.2) is 9.78 Å². The number of fused-ring (bicyclic) bond motifs is 1. The third kappa shape index (κ3) is 5.04. The van der Waals surface area contributed by atoms with Crippen molar-refractivity contribution < 1.29 is 19.4 Å². The first-order chi connectivity index (χ1) is 13.9. The molecule has 3 rings (SSSR count). The van der Waals surface area contributed by atoms with E-state index in [4.69, 9.17) is 4.74 Å². The van der Waals surface area contributed by atoms with Gasteiger partial charge < -0.3 is 20.1 Å². The fraction of sp³-hybridized carbons (Fsp3) is 0.409. The minimum Gasteiger partial charge on any atom is -0.465 e. The summed E-state index contributed by atoms with van der Waals surface area (Å²) in [5.41, 5.74) is 2.77. The molecule has 2 heterocycles. The Hall–Kier alpha value is -3.09. The zero-order chi connectivity index (χ0) is 21.0. The Bertz CT molecular complexity index is 880. The van der Waals surface area contributed by atoms with Crippen molar-refractivity contribution in [3.63, 3.8) is 0 Å². The Morgan fingerprint density at radius 1 is 1.31 bits per heavy atom. The van der Waals surface area contributed by atoms with Crippen LogP contribution < -0.4 is 10.1 Å². The molecule has 0 fully saturated rings. The van der Waals surface area contributed by atoms with Crippen LogP contribution in [0.3, 0.4) is 0 Å². The van der Waals surface area contributed by atoms with Crippen molar-refractivity contribution in [2.45, 2.75) is 32.6 Å². The van der Waals surface area contributed by atoms with Gasteiger partial charge in [-0.3, -0.25) is 4.79 Å². The maximum atomic E-state index is 11.6. The average Bonchev–Trinajstić information content (AvgIpc) is 2.87. The summed E-state index contributed by atoms with van der Waals surface area (Å²) in [5.74, 6) is 1.49. The summed E-state index contributed by atoms with van der Waals surface area (Å²) in [5, 5.41) is 12.0. The van der Waals surface area contributed by atoms with Crippen LogP contribution in [0.25, 0.3) is 0 Å². The van der Waals surface area contributed by atoms with Crippen molar-refractivity contribution in [1.82, 2.24) is 15.2 Å². The minimum absolute atomic E-state index is 0.169. The SMILES string of the molecule is CNC(=O)c1ccc(Oc2ccc3c(c2)CCN(C(=O)O)CC3CC(C)C)nc1. The normalized spacial score (nSPS) is 16.1. The van der Waals surface area contributed by atoms with Crippen LogP contribution in [0, 0.1) is 5.92 Å². The van der Waals surface area contributed by atoms with E-state index in [0.29, 0.717) is 42.6 Å². The second-order valence-electron chi connectivity index (χ2n) is 7.73. The largest absolute Gasteiger partial charge is 0.465 e. The van der Waals surface area contributed by atoms with E-state index in [2.05, 4.69) is 24.1 Å². The van der Waals surface area contributed by atoms with Gasteiger partial charge in [0, 0.05) is 38.3 Å². The molecular formula is C22H27N3O4. The summed E-state index contributed by atoms with van der Waals surface area (Å²) in [7, 11) is 1.57. The first-order valence-electron chi connectivity index (χ1n) is 9.84. The molecule has 7 heteroatoms. The lowest BCUT2D eigenvalue weighted by Gasteiger charge is -2.24. The number of nitrogens with one attached hydrogen (secondary N) is 1. The summed E-state index contributed by atoms with van der Waals surface area (Å²) in [6.07, 6.45) is 2.18. The van der Waals surface area contributed by atoms with Crippen molar-refractivity contribution in [1.29, 1.82) is 0 Å². The van der Waals surface area contributed by atoms with Gasteiger partial charge >= 0.3 is 6.09 Å². The Balaban J connectivity index is 1.82. The number of rotatable bonds is 5. The van der Waals surface area contributed by atoms with E-state index >= 15 is 0 Å². The summed E-state index contributed by atoms with van der Waals surface area (Å²) in [6.45, 7) is 5.30. The Morgan fingerprint density at radius 3 is 2.72 bits per heavy atom. The molecule has 2 amide bonds. The summed E-state index contributed by atoms with van der Waals surface area (Å²) >= 11 is 0. The van der Waals surface area contributed by atoms with Crippen molar-refractivity contribution in [2.75, 3.05) is 20.1 Å². The number of pyridine rings is 1. The third-order valence-electron chi connectivity index (χ3n) is 5.12. The minimum atomic E-state index is -0.872. The number of hydrogen-bond donors (Lipinski definition) is 2. The predicted octanol–water partition coefficient (Wildman–Crippen LogP) is 3.90. The Kier molecular flexibility index (Phi) is 6.36. The van der Waals surface area contributed by atoms with Gasteiger partial charge in [0.05, 0.1) is 5.56 Å². The molecule has 0 spiro atoms. The van der Waals surface area contributed by atoms with Gasteiger partial charge in [-0.15, -0.1) is 0 Å². The number of ether oxygens (including phenoxy) is 1. The van der Waals surface area contributed by atoms with Crippen LogP contribution in [0.1, 0.15) is 47.7 Å². The fourth-order valence-corrected chi connectivity index (χ4v) is 3.76. The number of nitrogens with zero attached hydrogens (tertiary/aromatic N) is 2. The monoisotopic (exact) mass is 397 g/mol. The third-order valence-corrected chi connectivity index (χ3v) is 5.12. The lowest BCUT2D eigenvalue weighted by atomic mass is 9.87. The van der Waals surface area contributed by atoms with Crippen LogP contribution in [0.5, 0.6) is 11.6 Å². The fourth-order valence-electron chi connectivity index (χ4n) is 3.76. The van der Waals surface area contributed by atoms with E-state index in [0.717, 1.165) is 12.0 Å². The molecule has 0 saturated carbocycles. The van der Waals surface area contributed by atoms with E-state index < -0.39 is 6.09 Å².